The average molecular weight is 386 g/mol. The van der Waals surface area contributed by atoms with Gasteiger partial charge in [0.05, 0.1) is 23.3 Å². The van der Waals surface area contributed by atoms with Crippen LogP contribution in [0, 0.1) is 6.92 Å². The molecule has 0 aliphatic carbocycles. The van der Waals surface area contributed by atoms with Crippen molar-refractivity contribution in [3.8, 4) is 11.3 Å². The summed E-state index contributed by atoms with van der Waals surface area (Å²) in [5.74, 6) is 0.472. The van der Waals surface area contributed by atoms with Gasteiger partial charge in [0.2, 0.25) is 16.4 Å². The maximum Gasteiger partial charge on any atom is 0.241 e. The molecule has 0 saturated carbocycles. The molecule has 0 spiro atoms. The predicted molar refractivity (Wildman–Crippen MR) is 93.7 cm³/mol. The van der Waals surface area contributed by atoms with E-state index in [0.29, 0.717) is 16.9 Å². The summed E-state index contributed by atoms with van der Waals surface area (Å²) in [5.41, 5.74) is 8.32. The summed E-state index contributed by atoms with van der Waals surface area (Å²) in [5, 5.41) is 7.73. The molecule has 0 aliphatic heterocycles. The molecular weight excluding hydrogens is 372 g/mol. The van der Waals surface area contributed by atoms with Gasteiger partial charge in [0, 0.05) is 5.56 Å². The van der Waals surface area contributed by atoms with Gasteiger partial charge in [0.25, 0.3) is 0 Å². The number of nitrogens with two attached hydrogens (primary N) is 1. The van der Waals surface area contributed by atoms with E-state index < -0.39 is 10.0 Å². The Labute approximate surface area is 153 Å². The Balaban J connectivity index is 1.74. The van der Waals surface area contributed by atoms with Crippen LogP contribution in [-0.2, 0) is 16.6 Å². The van der Waals surface area contributed by atoms with Crippen LogP contribution in [0.1, 0.15) is 11.4 Å². The summed E-state index contributed by atoms with van der Waals surface area (Å²) in [6, 6.07) is 4.78. The summed E-state index contributed by atoms with van der Waals surface area (Å²) < 4.78 is 33.8. The van der Waals surface area contributed by atoms with Gasteiger partial charge in [0.15, 0.2) is 17.3 Å². The van der Waals surface area contributed by atoms with Crippen LogP contribution < -0.4 is 10.5 Å². The Morgan fingerprint density at radius 3 is 2.89 bits per heavy atom. The highest BCUT2D eigenvalue weighted by Gasteiger charge is 2.19. The van der Waals surface area contributed by atoms with Gasteiger partial charge >= 0.3 is 0 Å². The molecule has 4 aromatic rings. The van der Waals surface area contributed by atoms with E-state index in [2.05, 4.69) is 34.5 Å². The van der Waals surface area contributed by atoms with Gasteiger partial charge in [-0.05, 0) is 24.6 Å². The van der Waals surface area contributed by atoms with Gasteiger partial charge in [0.1, 0.15) is 6.33 Å². The monoisotopic (exact) mass is 386 g/mol. The smallest absolute Gasteiger partial charge is 0.241 e. The number of nitrogens with one attached hydrogen (secondary N) is 1. The summed E-state index contributed by atoms with van der Waals surface area (Å²) in [6.45, 7) is 1.78. The lowest BCUT2D eigenvalue weighted by Crippen LogP contribution is -2.24. The number of aryl methyl sites for hydroxylation is 1. The predicted octanol–water partition coefficient (Wildman–Crippen LogP) is 0.543. The minimum Gasteiger partial charge on any atom is -0.381 e. The van der Waals surface area contributed by atoms with Crippen molar-refractivity contribution in [3.63, 3.8) is 0 Å². The first kappa shape index (κ1) is 17.1. The average Bonchev–Trinajstić information content (AvgIpc) is 3.31. The number of hydrogen-bond acceptors (Lipinski definition) is 9. The van der Waals surface area contributed by atoms with Crippen molar-refractivity contribution < 1.29 is 12.9 Å². The number of rotatable bonds is 5. The van der Waals surface area contributed by atoms with Crippen molar-refractivity contribution in [3.05, 3.63) is 48.5 Å². The molecule has 4 rings (SSSR count). The van der Waals surface area contributed by atoms with E-state index >= 15 is 0 Å². The van der Waals surface area contributed by atoms with Crippen LogP contribution in [0.4, 0.5) is 5.82 Å². The molecule has 0 atom stereocenters. The van der Waals surface area contributed by atoms with E-state index in [-0.39, 0.29) is 23.1 Å². The Morgan fingerprint density at radius 2 is 2.11 bits per heavy atom. The fraction of sp³-hybridized carbons (Fsp3) is 0.133. The number of imidazole rings is 1. The zero-order valence-electron chi connectivity index (χ0n) is 14.1. The van der Waals surface area contributed by atoms with E-state index in [1.165, 1.54) is 16.9 Å². The van der Waals surface area contributed by atoms with E-state index in [4.69, 9.17) is 5.73 Å². The molecule has 0 aliphatic rings. The van der Waals surface area contributed by atoms with Gasteiger partial charge in [-0.15, -0.1) is 0 Å². The molecule has 0 unspecified atom stereocenters. The van der Waals surface area contributed by atoms with Gasteiger partial charge in [-0.2, -0.15) is 10.1 Å². The number of benzene rings is 1. The third-order valence-corrected chi connectivity index (χ3v) is 5.35. The van der Waals surface area contributed by atoms with Crippen LogP contribution in [0.2, 0.25) is 0 Å². The largest absolute Gasteiger partial charge is 0.381 e. The third kappa shape index (κ3) is 3.11. The van der Waals surface area contributed by atoms with E-state index in [9.17, 15) is 8.42 Å². The number of nitrogens with zero attached hydrogens (tertiary/aromatic N) is 6. The molecule has 12 heteroatoms. The highest BCUT2D eigenvalue weighted by Crippen LogP contribution is 2.27. The number of sulfonamides is 1. The lowest BCUT2D eigenvalue weighted by molar-refractivity contribution is 0.409. The summed E-state index contributed by atoms with van der Waals surface area (Å²) >= 11 is 0. The van der Waals surface area contributed by atoms with Crippen LogP contribution in [-0.4, -0.2) is 38.1 Å². The minimum atomic E-state index is -3.79. The molecule has 0 bridgehead atoms. The van der Waals surface area contributed by atoms with Crippen molar-refractivity contribution >= 4 is 21.5 Å². The fourth-order valence-electron chi connectivity index (χ4n) is 2.58. The van der Waals surface area contributed by atoms with Crippen LogP contribution in [0.5, 0.6) is 0 Å². The van der Waals surface area contributed by atoms with Crippen molar-refractivity contribution in [2.75, 3.05) is 5.73 Å². The molecule has 0 radical (unpaired) electrons. The van der Waals surface area contributed by atoms with Gasteiger partial charge in [-0.25, -0.2) is 27.6 Å². The van der Waals surface area contributed by atoms with Gasteiger partial charge < -0.3 is 10.3 Å². The molecule has 1 aromatic carbocycles. The Bertz CT molecular complexity index is 1220. The van der Waals surface area contributed by atoms with E-state index in [1.807, 2.05) is 6.92 Å². The second-order valence-corrected chi connectivity index (χ2v) is 7.44. The minimum absolute atomic E-state index is 0.0819. The Kier molecular flexibility index (Phi) is 4.05. The van der Waals surface area contributed by atoms with Crippen molar-refractivity contribution in [2.24, 2.45) is 0 Å². The van der Waals surface area contributed by atoms with Gasteiger partial charge in [-0.1, -0.05) is 11.2 Å². The Hall–Kier alpha value is -3.38. The summed E-state index contributed by atoms with van der Waals surface area (Å²) in [6.07, 6.45) is 4.02. The molecule has 27 heavy (non-hydrogen) atoms. The zero-order valence-corrected chi connectivity index (χ0v) is 14.9. The second-order valence-electron chi connectivity index (χ2n) is 5.67. The van der Waals surface area contributed by atoms with Crippen LogP contribution >= 0.6 is 0 Å². The number of nitrogen functional groups attached to an aromatic ring is 1. The molecular formula is C15H14N8O3S. The van der Waals surface area contributed by atoms with Crippen LogP contribution in [0.15, 0.2) is 46.5 Å². The fourth-order valence-corrected chi connectivity index (χ4v) is 3.58. The van der Waals surface area contributed by atoms with Crippen molar-refractivity contribution in [2.45, 2.75) is 18.4 Å². The maximum atomic E-state index is 12.6. The summed E-state index contributed by atoms with van der Waals surface area (Å²) in [7, 11) is -3.79. The topological polar surface area (TPSA) is 154 Å². The van der Waals surface area contributed by atoms with E-state index in [0.717, 1.165) is 12.0 Å². The molecule has 3 N–H and O–H groups in total. The lowest BCUT2D eigenvalue weighted by Gasteiger charge is -2.10. The maximum absolute atomic E-state index is 12.6. The second kappa shape index (κ2) is 6.41. The molecule has 11 nitrogen and oxygen atoms in total. The van der Waals surface area contributed by atoms with Crippen LogP contribution in [0.3, 0.4) is 0 Å². The number of anilines is 1. The molecule has 138 valence electrons. The van der Waals surface area contributed by atoms with Gasteiger partial charge in [-0.3, -0.25) is 0 Å². The molecule has 0 amide bonds. The van der Waals surface area contributed by atoms with E-state index in [1.54, 1.807) is 18.3 Å². The van der Waals surface area contributed by atoms with Crippen LogP contribution in [0.25, 0.3) is 16.9 Å². The number of hydrogen-bond donors (Lipinski definition) is 2. The number of fused-ring (bicyclic) bond motifs is 1. The van der Waals surface area contributed by atoms with Crippen molar-refractivity contribution in [1.82, 2.24) is 34.4 Å². The normalized spacial score (nSPS) is 11.9. The lowest BCUT2D eigenvalue weighted by atomic mass is 10.1. The molecule has 3 heterocycles. The summed E-state index contributed by atoms with van der Waals surface area (Å²) in [4.78, 5) is 12.0. The first-order chi connectivity index (χ1) is 13.0. The zero-order chi connectivity index (χ0) is 19.0. The number of aromatic nitrogens is 6. The molecule has 3 aromatic heterocycles. The first-order valence-corrected chi connectivity index (χ1v) is 9.24. The highest BCUT2D eigenvalue weighted by molar-refractivity contribution is 7.89. The van der Waals surface area contributed by atoms with Crippen molar-refractivity contribution in [1.29, 1.82) is 0 Å². The molecule has 0 fully saturated rings. The quantitative estimate of drug-likeness (QED) is 0.500. The Morgan fingerprint density at radius 1 is 1.26 bits per heavy atom. The molecule has 0 saturated heterocycles. The SMILES string of the molecule is Cc1ccc(S(=O)(=O)NCc2ncon2)cc1-c1cnc2c(N)ncnn12. The first-order valence-electron chi connectivity index (χ1n) is 7.76. The third-order valence-electron chi connectivity index (χ3n) is 3.95. The standard InChI is InChI=1S/C15H14N8O3S/c1-9-2-3-10(27(24,25)21-6-13-19-8-26-22-13)4-11(9)12-5-17-15-14(16)18-7-20-23(12)15/h2-5,7-8,21H,6H2,1H3,(H2,16,18,20). The highest BCUT2D eigenvalue weighted by atomic mass is 32.2.